The average Bonchev–Trinajstić information content (AvgIpc) is 2.61. The molecule has 1 N–H and O–H groups in total. The van der Waals surface area contributed by atoms with Crippen LogP contribution < -0.4 is 0 Å². The SMILES string of the molecule is OC1CCCCC1OC1CCCC1. The minimum Gasteiger partial charge on any atom is -0.390 e. The molecule has 2 atom stereocenters. The predicted molar refractivity (Wildman–Crippen MR) is 51.6 cm³/mol. The molecule has 0 aliphatic heterocycles. The van der Waals surface area contributed by atoms with E-state index in [1.165, 1.54) is 38.5 Å². The Morgan fingerprint density at radius 1 is 0.846 bits per heavy atom. The molecule has 2 fully saturated rings. The highest BCUT2D eigenvalue weighted by atomic mass is 16.5. The molecule has 2 rings (SSSR count). The number of aliphatic hydroxyl groups is 1. The van der Waals surface area contributed by atoms with Crippen molar-refractivity contribution >= 4 is 0 Å². The molecule has 0 spiro atoms. The van der Waals surface area contributed by atoms with E-state index in [-0.39, 0.29) is 12.2 Å². The second-order valence-electron chi connectivity index (χ2n) is 4.43. The van der Waals surface area contributed by atoms with Gasteiger partial charge in [-0.3, -0.25) is 0 Å². The maximum Gasteiger partial charge on any atom is 0.0837 e. The van der Waals surface area contributed by atoms with Gasteiger partial charge in [0.05, 0.1) is 18.3 Å². The normalized spacial score (nSPS) is 36.7. The summed E-state index contributed by atoms with van der Waals surface area (Å²) in [6.07, 6.45) is 9.88. The predicted octanol–water partition coefficient (Wildman–Crippen LogP) is 2.25. The lowest BCUT2D eigenvalue weighted by atomic mass is 9.94. The van der Waals surface area contributed by atoms with Crippen LogP contribution >= 0.6 is 0 Å². The van der Waals surface area contributed by atoms with Crippen molar-refractivity contribution in [1.82, 2.24) is 0 Å². The largest absolute Gasteiger partial charge is 0.390 e. The molecule has 2 saturated carbocycles. The van der Waals surface area contributed by atoms with E-state index in [2.05, 4.69) is 0 Å². The third-order valence-electron chi connectivity index (χ3n) is 3.34. The van der Waals surface area contributed by atoms with Crippen LogP contribution in [0.5, 0.6) is 0 Å². The van der Waals surface area contributed by atoms with E-state index >= 15 is 0 Å². The van der Waals surface area contributed by atoms with Gasteiger partial charge >= 0.3 is 0 Å². The van der Waals surface area contributed by atoms with Crippen molar-refractivity contribution < 1.29 is 9.84 Å². The van der Waals surface area contributed by atoms with Crippen LogP contribution in [0.2, 0.25) is 0 Å². The summed E-state index contributed by atoms with van der Waals surface area (Å²) in [6.45, 7) is 0. The summed E-state index contributed by atoms with van der Waals surface area (Å²) in [4.78, 5) is 0. The summed E-state index contributed by atoms with van der Waals surface area (Å²) in [7, 11) is 0. The van der Waals surface area contributed by atoms with Crippen LogP contribution in [0, 0.1) is 0 Å². The lowest BCUT2D eigenvalue weighted by Gasteiger charge is -2.30. The highest BCUT2D eigenvalue weighted by Crippen LogP contribution is 2.27. The van der Waals surface area contributed by atoms with Crippen molar-refractivity contribution in [2.24, 2.45) is 0 Å². The van der Waals surface area contributed by atoms with Gasteiger partial charge < -0.3 is 9.84 Å². The summed E-state index contributed by atoms with van der Waals surface area (Å²) < 4.78 is 5.91. The molecule has 2 unspecified atom stereocenters. The number of ether oxygens (including phenoxy) is 1. The zero-order valence-corrected chi connectivity index (χ0v) is 8.24. The van der Waals surface area contributed by atoms with Crippen LogP contribution in [0.1, 0.15) is 51.4 Å². The molecule has 0 aromatic rings. The Morgan fingerprint density at radius 3 is 2.15 bits per heavy atom. The number of rotatable bonds is 2. The van der Waals surface area contributed by atoms with Crippen LogP contribution in [0.4, 0.5) is 0 Å². The van der Waals surface area contributed by atoms with Crippen molar-refractivity contribution in [2.45, 2.75) is 69.7 Å². The van der Waals surface area contributed by atoms with Crippen molar-refractivity contribution in [3.63, 3.8) is 0 Å². The summed E-state index contributed by atoms with van der Waals surface area (Å²) in [5, 5.41) is 9.70. The third kappa shape index (κ3) is 2.44. The van der Waals surface area contributed by atoms with E-state index in [1.54, 1.807) is 0 Å². The fourth-order valence-electron chi connectivity index (χ4n) is 2.51. The molecule has 2 nitrogen and oxygen atoms in total. The first-order valence-corrected chi connectivity index (χ1v) is 5.70. The molecule has 0 radical (unpaired) electrons. The molecule has 0 aromatic carbocycles. The van der Waals surface area contributed by atoms with Gasteiger partial charge in [-0.2, -0.15) is 0 Å². The van der Waals surface area contributed by atoms with Crippen LogP contribution in [-0.2, 0) is 4.74 Å². The summed E-state index contributed by atoms with van der Waals surface area (Å²) in [5.41, 5.74) is 0. The van der Waals surface area contributed by atoms with Gasteiger partial charge in [-0.15, -0.1) is 0 Å². The molecular weight excluding hydrogens is 164 g/mol. The molecule has 0 amide bonds. The maximum absolute atomic E-state index is 9.70. The number of hydrogen-bond donors (Lipinski definition) is 1. The van der Waals surface area contributed by atoms with Gasteiger partial charge in [0, 0.05) is 0 Å². The van der Waals surface area contributed by atoms with Crippen molar-refractivity contribution in [1.29, 1.82) is 0 Å². The molecule has 2 aliphatic rings. The zero-order chi connectivity index (χ0) is 9.10. The average molecular weight is 184 g/mol. The van der Waals surface area contributed by atoms with E-state index in [1.807, 2.05) is 0 Å². The van der Waals surface area contributed by atoms with Crippen molar-refractivity contribution in [3.8, 4) is 0 Å². The minimum atomic E-state index is -0.186. The topological polar surface area (TPSA) is 29.5 Å². The molecule has 2 aliphatic carbocycles. The van der Waals surface area contributed by atoms with Crippen LogP contribution in [0.15, 0.2) is 0 Å². The molecule has 0 aromatic heterocycles. The highest BCUT2D eigenvalue weighted by Gasteiger charge is 2.27. The molecule has 0 heterocycles. The molecule has 76 valence electrons. The summed E-state index contributed by atoms with van der Waals surface area (Å²) in [6, 6.07) is 0. The minimum absolute atomic E-state index is 0.150. The molecule has 0 bridgehead atoms. The Hall–Kier alpha value is -0.0800. The first-order chi connectivity index (χ1) is 6.36. The Balaban J connectivity index is 1.78. The van der Waals surface area contributed by atoms with E-state index in [0.29, 0.717) is 6.10 Å². The number of hydrogen-bond acceptors (Lipinski definition) is 2. The lowest BCUT2D eigenvalue weighted by Crippen LogP contribution is -2.34. The lowest BCUT2D eigenvalue weighted by molar-refractivity contribution is -0.0913. The standard InChI is InChI=1S/C11H20O2/c12-10-7-3-4-8-11(10)13-9-5-1-2-6-9/h9-12H,1-8H2. The van der Waals surface area contributed by atoms with Gasteiger partial charge in [0.2, 0.25) is 0 Å². The van der Waals surface area contributed by atoms with Crippen LogP contribution in [0.25, 0.3) is 0 Å². The van der Waals surface area contributed by atoms with Gasteiger partial charge in [0.25, 0.3) is 0 Å². The Labute approximate surface area is 80.3 Å². The highest BCUT2D eigenvalue weighted by molar-refractivity contribution is 4.78. The van der Waals surface area contributed by atoms with E-state index in [0.717, 1.165) is 12.8 Å². The third-order valence-corrected chi connectivity index (χ3v) is 3.34. The first kappa shape index (κ1) is 9.47. The number of aliphatic hydroxyl groups excluding tert-OH is 1. The first-order valence-electron chi connectivity index (χ1n) is 5.70. The van der Waals surface area contributed by atoms with Gasteiger partial charge in [-0.25, -0.2) is 0 Å². The van der Waals surface area contributed by atoms with Gasteiger partial charge in [0.1, 0.15) is 0 Å². The fourth-order valence-corrected chi connectivity index (χ4v) is 2.51. The van der Waals surface area contributed by atoms with Gasteiger partial charge in [-0.1, -0.05) is 25.7 Å². The van der Waals surface area contributed by atoms with Gasteiger partial charge in [-0.05, 0) is 25.7 Å². The van der Waals surface area contributed by atoms with Crippen LogP contribution in [-0.4, -0.2) is 23.4 Å². The fraction of sp³-hybridized carbons (Fsp3) is 1.00. The molecule has 2 heteroatoms. The second-order valence-corrected chi connectivity index (χ2v) is 4.43. The van der Waals surface area contributed by atoms with Gasteiger partial charge in [0.15, 0.2) is 0 Å². The summed E-state index contributed by atoms with van der Waals surface area (Å²) in [5.74, 6) is 0. The summed E-state index contributed by atoms with van der Waals surface area (Å²) >= 11 is 0. The Kier molecular flexibility index (Phi) is 3.23. The molecule has 13 heavy (non-hydrogen) atoms. The quantitative estimate of drug-likeness (QED) is 0.713. The Bertz CT molecular complexity index is 152. The van der Waals surface area contributed by atoms with E-state index < -0.39 is 0 Å². The van der Waals surface area contributed by atoms with Crippen molar-refractivity contribution in [3.05, 3.63) is 0 Å². The van der Waals surface area contributed by atoms with Crippen LogP contribution in [0.3, 0.4) is 0 Å². The second kappa shape index (κ2) is 4.43. The smallest absolute Gasteiger partial charge is 0.0837 e. The molecule has 0 saturated heterocycles. The van der Waals surface area contributed by atoms with E-state index in [4.69, 9.17) is 4.74 Å². The molecular formula is C11H20O2. The van der Waals surface area contributed by atoms with E-state index in [9.17, 15) is 5.11 Å². The zero-order valence-electron chi connectivity index (χ0n) is 8.24. The Morgan fingerprint density at radius 2 is 1.46 bits per heavy atom. The van der Waals surface area contributed by atoms with Crippen molar-refractivity contribution in [2.75, 3.05) is 0 Å². The monoisotopic (exact) mass is 184 g/mol. The maximum atomic E-state index is 9.70.